The van der Waals surface area contributed by atoms with Gasteiger partial charge >= 0.3 is 0 Å². The number of carbonyl (C=O) groups excluding carboxylic acids is 1. The number of nitrogens with zero attached hydrogens (tertiary/aromatic N) is 1. The molecular formula is C29H39FN2O2. The van der Waals surface area contributed by atoms with Crippen LogP contribution in [-0.2, 0) is 16.8 Å². The zero-order valence-electron chi connectivity index (χ0n) is 20.7. The zero-order valence-corrected chi connectivity index (χ0v) is 20.7. The Kier molecular flexibility index (Phi) is 8.05. The Morgan fingerprint density at radius 2 is 1.97 bits per heavy atom. The fourth-order valence-electron chi connectivity index (χ4n) is 5.91. The molecule has 0 saturated carbocycles. The van der Waals surface area contributed by atoms with Crippen molar-refractivity contribution in [2.75, 3.05) is 19.6 Å². The van der Waals surface area contributed by atoms with E-state index in [0.717, 1.165) is 69.2 Å². The van der Waals surface area contributed by atoms with Gasteiger partial charge in [-0.2, -0.15) is 0 Å². The summed E-state index contributed by atoms with van der Waals surface area (Å²) in [6, 6.07) is 12.9. The molecule has 2 N–H and O–H groups in total. The highest BCUT2D eigenvalue weighted by Crippen LogP contribution is 2.44. The fourth-order valence-corrected chi connectivity index (χ4v) is 5.91. The minimum absolute atomic E-state index is 0.117. The van der Waals surface area contributed by atoms with E-state index in [0.29, 0.717) is 24.1 Å². The summed E-state index contributed by atoms with van der Waals surface area (Å²) in [4.78, 5) is 15.2. The van der Waals surface area contributed by atoms with Crippen LogP contribution >= 0.6 is 0 Å². The molecule has 0 bridgehead atoms. The number of rotatable bonds is 7. The number of hydrogen-bond donors (Lipinski definition) is 2. The molecule has 2 aromatic rings. The second kappa shape index (κ2) is 11.0. The van der Waals surface area contributed by atoms with Crippen molar-refractivity contribution in [1.82, 2.24) is 10.2 Å². The van der Waals surface area contributed by atoms with Crippen molar-refractivity contribution in [2.45, 2.75) is 76.9 Å². The van der Waals surface area contributed by atoms with Crippen LogP contribution in [0.4, 0.5) is 4.39 Å². The van der Waals surface area contributed by atoms with Gasteiger partial charge in [0.15, 0.2) is 0 Å². The molecule has 2 aromatic carbocycles. The maximum atomic E-state index is 15.4. The molecule has 5 heteroatoms. The topological polar surface area (TPSA) is 52.6 Å². The van der Waals surface area contributed by atoms with Crippen molar-refractivity contribution in [1.29, 1.82) is 0 Å². The van der Waals surface area contributed by atoms with Gasteiger partial charge in [0.05, 0.1) is 11.6 Å². The van der Waals surface area contributed by atoms with Gasteiger partial charge in [0.1, 0.15) is 5.82 Å². The van der Waals surface area contributed by atoms with Gasteiger partial charge in [-0.25, -0.2) is 4.39 Å². The molecule has 184 valence electrons. The molecular weight excluding hydrogens is 427 g/mol. The molecule has 3 atom stereocenters. The number of hydrogen-bond acceptors (Lipinski definition) is 3. The van der Waals surface area contributed by atoms with E-state index in [-0.39, 0.29) is 23.7 Å². The normalized spacial score (nSPS) is 22.9. The minimum Gasteiger partial charge on any atom is -0.385 e. The quantitative estimate of drug-likeness (QED) is 0.573. The lowest BCUT2D eigenvalue weighted by Crippen LogP contribution is -2.54. The average molecular weight is 467 g/mol. The minimum atomic E-state index is -1.20. The molecule has 2 saturated heterocycles. The Balaban J connectivity index is 1.69. The maximum absolute atomic E-state index is 15.4. The van der Waals surface area contributed by atoms with Gasteiger partial charge in [0.2, 0.25) is 5.91 Å². The Bertz CT molecular complexity index is 988. The van der Waals surface area contributed by atoms with Gasteiger partial charge in [-0.1, -0.05) is 63.1 Å². The van der Waals surface area contributed by atoms with Gasteiger partial charge in [-0.15, -0.1) is 0 Å². The molecule has 2 fully saturated rings. The average Bonchev–Trinajstić information content (AvgIpc) is 2.88. The fraction of sp³-hybridized carbons (Fsp3) is 0.552. The Labute approximate surface area is 203 Å². The van der Waals surface area contributed by atoms with Crippen LogP contribution in [0.25, 0.3) is 11.1 Å². The summed E-state index contributed by atoms with van der Waals surface area (Å²) < 4.78 is 15.4. The number of halogens is 1. The van der Waals surface area contributed by atoms with Crippen LogP contribution in [-0.4, -0.2) is 41.6 Å². The lowest BCUT2D eigenvalue weighted by Gasteiger charge is -2.44. The first-order valence-corrected chi connectivity index (χ1v) is 13.1. The number of aryl methyl sites for hydroxylation is 1. The van der Waals surface area contributed by atoms with Crippen LogP contribution in [0.3, 0.4) is 0 Å². The van der Waals surface area contributed by atoms with Crippen LogP contribution in [0.1, 0.15) is 69.9 Å². The molecule has 2 heterocycles. The molecule has 34 heavy (non-hydrogen) atoms. The van der Waals surface area contributed by atoms with Crippen molar-refractivity contribution in [2.24, 2.45) is 5.92 Å². The third-order valence-electron chi connectivity index (χ3n) is 7.75. The highest BCUT2D eigenvalue weighted by Gasteiger charge is 2.43. The number of likely N-dealkylation sites (tertiary alicyclic amines) is 1. The highest BCUT2D eigenvalue weighted by molar-refractivity contribution is 5.82. The predicted octanol–water partition coefficient (Wildman–Crippen LogP) is 5.42. The van der Waals surface area contributed by atoms with Crippen LogP contribution in [0, 0.1) is 11.7 Å². The molecule has 4 rings (SSSR count). The predicted molar refractivity (Wildman–Crippen MR) is 135 cm³/mol. The van der Waals surface area contributed by atoms with Gasteiger partial charge in [0.25, 0.3) is 0 Å². The van der Waals surface area contributed by atoms with Crippen LogP contribution in [0.2, 0.25) is 0 Å². The SMILES string of the molecule is CCCC(O)(c1cccc(F)c1-c1cccc(CC)c1)C1CCCN(C(=O)C2CCCCN2)C1. The Morgan fingerprint density at radius 1 is 1.15 bits per heavy atom. The van der Waals surface area contributed by atoms with Crippen molar-refractivity contribution >= 4 is 5.91 Å². The maximum Gasteiger partial charge on any atom is 0.239 e. The number of amides is 1. The second-order valence-electron chi connectivity index (χ2n) is 10.0. The van der Waals surface area contributed by atoms with Gasteiger partial charge in [-0.05, 0) is 67.8 Å². The van der Waals surface area contributed by atoms with Crippen LogP contribution < -0.4 is 5.32 Å². The molecule has 0 radical (unpaired) electrons. The number of piperidine rings is 2. The smallest absolute Gasteiger partial charge is 0.239 e. The molecule has 0 aromatic heterocycles. The first-order valence-electron chi connectivity index (χ1n) is 13.1. The summed E-state index contributed by atoms with van der Waals surface area (Å²) in [5, 5.41) is 15.7. The number of carbonyl (C=O) groups is 1. The number of nitrogens with one attached hydrogen (secondary N) is 1. The zero-order chi connectivity index (χ0) is 24.1. The highest BCUT2D eigenvalue weighted by atomic mass is 19.1. The molecule has 3 unspecified atom stereocenters. The van der Waals surface area contributed by atoms with E-state index >= 15 is 4.39 Å². The molecule has 1 amide bonds. The first-order chi connectivity index (χ1) is 16.5. The first kappa shape index (κ1) is 24.9. The summed E-state index contributed by atoms with van der Waals surface area (Å²) in [6.07, 6.45) is 6.91. The summed E-state index contributed by atoms with van der Waals surface area (Å²) in [5.74, 6) is -0.294. The Morgan fingerprint density at radius 3 is 2.71 bits per heavy atom. The van der Waals surface area contributed by atoms with E-state index in [2.05, 4.69) is 19.2 Å². The summed E-state index contributed by atoms with van der Waals surface area (Å²) in [5.41, 5.74) is 1.88. The van der Waals surface area contributed by atoms with Crippen molar-refractivity contribution < 1.29 is 14.3 Å². The van der Waals surface area contributed by atoms with Gasteiger partial charge in [-0.3, -0.25) is 4.79 Å². The third kappa shape index (κ3) is 5.06. The van der Waals surface area contributed by atoms with E-state index in [1.54, 1.807) is 6.07 Å². The van der Waals surface area contributed by atoms with Crippen LogP contribution in [0.5, 0.6) is 0 Å². The summed E-state index contributed by atoms with van der Waals surface area (Å²) in [6.45, 7) is 6.27. The second-order valence-corrected chi connectivity index (χ2v) is 10.0. The third-order valence-corrected chi connectivity index (χ3v) is 7.75. The summed E-state index contributed by atoms with van der Waals surface area (Å²) in [7, 11) is 0. The number of aliphatic hydroxyl groups is 1. The molecule has 2 aliphatic heterocycles. The van der Waals surface area contributed by atoms with Crippen molar-refractivity contribution in [3.8, 4) is 11.1 Å². The van der Waals surface area contributed by atoms with E-state index < -0.39 is 5.60 Å². The van der Waals surface area contributed by atoms with E-state index in [1.807, 2.05) is 35.2 Å². The van der Waals surface area contributed by atoms with E-state index in [1.165, 1.54) is 6.07 Å². The largest absolute Gasteiger partial charge is 0.385 e. The molecule has 0 aliphatic carbocycles. The standard InChI is InChI=1S/C29H39FN2O2/c1-3-16-29(34,23-12-9-18-32(20-23)28(33)26-15-5-6-17-31-26)24-13-8-14-25(30)27(24)22-11-7-10-21(4-2)19-22/h7-8,10-11,13-14,19,23,26,31,34H,3-6,9,12,15-18,20H2,1-2H3. The molecule has 2 aliphatic rings. The van der Waals surface area contributed by atoms with Crippen molar-refractivity contribution in [3.05, 3.63) is 59.4 Å². The van der Waals surface area contributed by atoms with Gasteiger partial charge in [0, 0.05) is 24.6 Å². The van der Waals surface area contributed by atoms with Gasteiger partial charge < -0.3 is 15.3 Å². The Hall–Kier alpha value is -2.24. The summed E-state index contributed by atoms with van der Waals surface area (Å²) >= 11 is 0. The van der Waals surface area contributed by atoms with Crippen LogP contribution in [0.15, 0.2) is 42.5 Å². The monoisotopic (exact) mass is 466 g/mol. The van der Waals surface area contributed by atoms with Crippen molar-refractivity contribution in [3.63, 3.8) is 0 Å². The molecule has 0 spiro atoms. The lowest BCUT2D eigenvalue weighted by molar-refractivity contribution is -0.139. The number of benzene rings is 2. The lowest BCUT2D eigenvalue weighted by atomic mass is 9.72. The van der Waals surface area contributed by atoms with E-state index in [4.69, 9.17) is 0 Å². The molecule has 4 nitrogen and oxygen atoms in total. The van der Waals surface area contributed by atoms with E-state index in [9.17, 15) is 9.90 Å².